The molecule has 0 spiro atoms. The largest absolute Gasteiger partial charge is 0.389 e. The summed E-state index contributed by atoms with van der Waals surface area (Å²) in [5.74, 6) is 0. The summed E-state index contributed by atoms with van der Waals surface area (Å²) in [5, 5.41) is 16.9. The van der Waals surface area contributed by atoms with E-state index >= 15 is 0 Å². The second-order valence-electron chi connectivity index (χ2n) is 4.76. The number of nitrogens with one attached hydrogen (secondary N) is 2. The Morgan fingerprint density at radius 3 is 2.93 bits per heavy atom. The number of rotatable bonds is 3. The molecule has 1 aliphatic carbocycles. The Morgan fingerprint density at radius 2 is 2.36 bits per heavy atom. The summed E-state index contributed by atoms with van der Waals surface area (Å²) in [6.07, 6.45) is 5.34. The van der Waals surface area contributed by atoms with E-state index in [9.17, 15) is 5.11 Å². The van der Waals surface area contributed by atoms with Gasteiger partial charge >= 0.3 is 0 Å². The molecule has 4 nitrogen and oxygen atoms in total. The molecule has 1 aliphatic heterocycles. The second-order valence-corrected chi connectivity index (χ2v) is 4.76. The summed E-state index contributed by atoms with van der Waals surface area (Å²) >= 11 is 0. The summed E-state index contributed by atoms with van der Waals surface area (Å²) in [7, 11) is 0. The maximum Gasteiger partial charge on any atom is 0.0787 e. The van der Waals surface area contributed by atoms with Gasteiger partial charge in [-0.3, -0.25) is 5.32 Å². The Morgan fingerprint density at radius 1 is 1.50 bits per heavy atom. The maximum atomic E-state index is 10.2. The molecule has 82 valence electrons. The maximum absolute atomic E-state index is 10.2. The predicted molar refractivity (Wildman–Crippen MR) is 55.8 cm³/mol. The molecule has 1 saturated carbocycles. The van der Waals surface area contributed by atoms with Gasteiger partial charge < -0.3 is 16.2 Å². The zero-order valence-electron chi connectivity index (χ0n) is 8.63. The van der Waals surface area contributed by atoms with Crippen molar-refractivity contribution in [3.63, 3.8) is 0 Å². The first-order chi connectivity index (χ1) is 6.68. The quantitative estimate of drug-likeness (QED) is 0.496. The molecule has 2 aliphatic rings. The SMILES string of the molecule is NC1CCC(O)(CNC2CCCN2)C1. The van der Waals surface area contributed by atoms with Crippen LogP contribution in [-0.4, -0.2) is 36.0 Å². The topological polar surface area (TPSA) is 70.3 Å². The fourth-order valence-corrected chi connectivity index (χ4v) is 2.48. The van der Waals surface area contributed by atoms with Gasteiger partial charge in [0, 0.05) is 12.6 Å². The van der Waals surface area contributed by atoms with Crippen LogP contribution >= 0.6 is 0 Å². The van der Waals surface area contributed by atoms with Crippen LogP contribution in [0.2, 0.25) is 0 Å². The molecule has 1 saturated heterocycles. The zero-order valence-corrected chi connectivity index (χ0v) is 8.63. The third kappa shape index (κ3) is 2.45. The van der Waals surface area contributed by atoms with Crippen molar-refractivity contribution in [2.24, 2.45) is 5.73 Å². The van der Waals surface area contributed by atoms with Gasteiger partial charge in [-0.15, -0.1) is 0 Å². The van der Waals surface area contributed by atoms with Crippen molar-refractivity contribution in [1.29, 1.82) is 0 Å². The van der Waals surface area contributed by atoms with Crippen molar-refractivity contribution in [2.45, 2.75) is 49.9 Å². The number of nitrogens with two attached hydrogens (primary N) is 1. The van der Waals surface area contributed by atoms with Crippen molar-refractivity contribution in [3.8, 4) is 0 Å². The van der Waals surface area contributed by atoms with Crippen LogP contribution in [-0.2, 0) is 0 Å². The monoisotopic (exact) mass is 199 g/mol. The standard InChI is InChI=1S/C10H21N3O/c11-8-3-4-10(14,6-8)7-13-9-2-1-5-12-9/h8-9,12-14H,1-7,11H2. The predicted octanol–water partition coefficient (Wildman–Crippen LogP) is -0.472. The highest BCUT2D eigenvalue weighted by Crippen LogP contribution is 2.28. The molecule has 0 aromatic rings. The molecule has 2 rings (SSSR count). The summed E-state index contributed by atoms with van der Waals surface area (Å²) in [6, 6.07) is 0.193. The average molecular weight is 199 g/mol. The Hall–Kier alpha value is -0.160. The fraction of sp³-hybridized carbons (Fsp3) is 1.00. The van der Waals surface area contributed by atoms with E-state index in [0.717, 1.165) is 25.8 Å². The van der Waals surface area contributed by atoms with Crippen LogP contribution in [0.1, 0.15) is 32.1 Å². The lowest BCUT2D eigenvalue weighted by molar-refractivity contribution is 0.0430. The van der Waals surface area contributed by atoms with Crippen LogP contribution < -0.4 is 16.4 Å². The van der Waals surface area contributed by atoms with E-state index in [1.165, 1.54) is 12.8 Å². The van der Waals surface area contributed by atoms with Gasteiger partial charge in [0.2, 0.25) is 0 Å². The fourth-order valence-electron chi connectivity index (χ4n) is 2.48. The normalized spacial score (nSPS) is 43.3. The summed E-state index contributed by atoms with van der Waals surface area (Å²) in [5.41, 5.74) is 5.24. The third-order valence-electron chi connectivity index (χ3n) is 3.36. The highest BCUT2D eigenvalue weighted by Gasteiger charge is 2.35. The molecule has 0 aromatic heterocycles. The Bertz CT molecular complexity index is 194. The van der Waals surface area contributed by atoms with Crippen molar-refractivity contribution < 1.29 is 5.11 Å². The first-order valence-electron chi connectivity index (χ1n) is 5.63. The van der Waals surface area contributed by atoms with Crippen molar-refractivity contribution in [3.05, 3.63) is 0 Å². The Labute approximate surface area is 85.2 Å². The van der Waals surface area contributed by atoms with Crippen LogP contribution in [0.5, 0.6) is 0 Å². The van der Waals surface area contributed by atoms with Crippen molar-refractivity contribution in [1.82, 2.24) is 10.6 Å². The van der Waals surface area contributed by atoms with Crippen LogP contribution in [0.15, 0.2) is 0 Å². The smallest absolute Gasteiger partial charge is 0.0787 e. The molecular formula is C10H21N3O. The molecule has 2 fully saturated rings. The minimum Gasteiger partial charge on any atom is -0.389 e. The molecule has 1 heterocycles. The highest BCUT2D eigenvalue weighted by molar-refractivity contribution is 4.93. The van der Waals surface area contributed by atoms with Gasteiger partial charge in [-0.05, 0) is 38.6 Å². The molecule has 0 amide bonds. The lowest BCUT2D eigenvalue weighted by Gasteiger charge is -2.25. The lowest BCUT2D eigenvalue weighted by atomic mass is 10.0. The number of hydrogen-bond acceptors (Lipinski definition) is 4. The minimum atomic E-state index is -0.552. The van der Waals surface area contributed by atoms with Gasteiger partial charge in [0.1, 0.15) is 0 Å². The van der Waals surface area contributed by atoms with Gasteiger partial charge in [0.15, 0.2) is 0 Å². The van der Waals surface area contributed by atoms with E-state index in [2.05, 4.69) is 10.6 Å². The van der Waals surface area contributed by atoms with E-state index in [0.29, 0.717) is 12.7 Å². The molecule has 0 radical (unpaired) electrons. The number of aliphatic hydroxyl groups is 1. The number of hydrogen-bond donors (Lipinski definition) is 4. The summed E-state index contributed by atoms with van der Waals surface area (Å²) < 4.78 is 0. The molecule has 5 N–H and O–H groups in total. The molecule has 4 heteroatoms. The van der Waals surface area contributed by atoms with Crippen LogP contribution in [0.4, 0.5) is 0 Å². The molecule has 0 aromatic carbocycles. The first kappa shape index (κ1) is 10.4. The lowest BCUT2D eigenvalue weighted by Crippen LogP contribution is -2.46. The minimum absolute atomic E-state index is 0.193. The van der Waals surface area contributed by atoms with Crippen LogP contribution in [0.3, 0.4) is 0 Å². The van der Waals surface area contributed by atoms with Crippen molar-refractivity contribution in [2.75, 3.05) is 13.1 Å². The van der Waals surface area contributed by atoms with Crippen LogP contribution in [0.25, 0.3) is 0 Å². The third-order valence-corrected chi connectivity index (χ3v) is 3.36. The van der Waals surface area contributed by atoms with Gasteiger partial charge in [0.05, 0.1) is 11.8 Å². The van der Waals surface area contributed by atoms with E-state index in [1.807, 2.05) is 0 Å². The molecule has 3 unspecified atom stereocenters. The molecular weight excluding hydrogens is 178 g/mol. The molecule has 14 heavy (non-hydrogen) atoms. The van der Waals surface area contributed by atoms with Crippen LogP contribution in [0, 0.1) is 0 Å². The van der Waals surface area contributed by atoms with E-state index in [-0.39, 0.29) is 6.04 Å². The molecule has 3 atom stereocenters. The molecule has 0 bridgehead atoms. The summed E-state index contributed by atoms with van der Waals surface area (Å²) in [4.78, 5) is 0. The highest BCUT2D eigenvalue weighted by atomic mass is 16.3. The Kier molecular flexibility index (Phi) is 3.07. The van der Waals surface area contributed by atoms with Gasteiger partial charge in [-0.1, -0.05) is 0 Å². The van der Waals surface area contributed by atoms with E-state index in [4.69, 9.17) is 5.73 Å². The first-order valence-corrected chi connectivity index (χ1v) is 5.63. The average Bonchev–Trinajstić information content (AvgIpc) is 2.73. The van der Waals surface area contributed by atoms with Crippen molar-refractivity contribution >= 4 is 0 Å². The second kappa shape index (κ2) is 4.14. The zero-order chi connectivity index (χ0) is 10.0. The summed E-state index contributed by atoms with van der Waals surface area (Å²) in [6.45, 7) is 1.77. The van der Waals surface area contributed by atoms with Gasteiger partial charge in [0.25, 0.3) is 0 Å². The van der Waals surface area contributed by atoms with E-state index < -0.39 is 5.60 Å². The van der Waals surface area contributed by atoms with Gasteiger partial charge in [-0.25, -0.2) is 0 Å². The van der Waals surface area contributed by atoms with E-state index in [1.54, 1.807) is 0 Å². The Balaban J connectivity index is 1.73. The van der Waals surface area contributed by atoms with Gasteiger partial charge in [-0.2, -0.15) is 0 Å².